The fourth-order valence-corrected chi connectivity index (χ4v) is 3.38. The van der Waals surface area contributed by atoms with E-state index in [2.05, 4.69) is 5.32 Å². The summed E-state index contributed by atoms with van der Waals surface area (Å²) in [6.45, 7) is 0.258. The Morgan fingerprint density at radius 3 is 2.10 bits per heavy atom. The van der Waals surface area contributed by atoms with Crippen LogP contribution in [0.2, 0.25) is 0 Å². The standard InChI is InChI=1S/C14H24N2O4/c1-16(10-13(20)6-2-3-7-13)12(19)15-14(11(17)18)8-4-5-9-14/h20H,2-10H2,1H3,(H,15,19)(H,17,18). The Bertz CT molecular complexity index is 385. The summed E-state index contributed by atoms with van der Waals surface area (Å²) in [6, 6.07) is -0.408. The third-order valence-electron chi connectivity index (χ3n) is 4.63. The molecule has 0 unspecified atom stereocenters. The highest BCUT2D eigenvalue weighted by molar-refractivity contribution is 5.86. The van der Waals surface area contributed by atoms with Gasteiger partial charge in [-0.05, 0) is 25.7 Å². The predicted molar refractivity (Wildman–Crippen MR) is 73.4 cm³/mol. The van der Waals surface area contributed by atoms with E-state index < -0.39 is 23.1 Å². The summed E-state index contributed by atoms with van der Waals surface area (Å²) in [5, 5.41) is 22.3. The Labute approximate surface area is 119 Å². The summed E-state index contributed by atoms with van der Waals surface area (Å²) in [5.41, 5.74) is -1.93. The minimum atomic E-state index is -1.12. The van der Waals surface area contributed by atoms with Gasteiger partial charge in [0, 0.05) is 7.05 Å². The SMILES string of the molecule is CN(CC1(O)CCCC1)C(=O)NC1(C(=O)O)CCCC1. The molecule has 0 heterocycles. The highest BCUT2D eigenvalue weighted by Gasteiger charge is 2.43. The van der Waals surface area contributed by atoms with Gasteiger partial charge in [0.25, 0.3) is 0 Å². The van der Waals surface area contributed by atoms with Crippen LogP contribution in [0.4, 0.5) is 4.79 Å². The third kappa shape index (κ3) is 3.06. The molecule has 0 spiro atoms. The van der Waals surface area contributed by atoms with E-state index in [1.807, 2.05) is 0 Å². The molecule has 0 bridgehead atoms. The van der Waals surface area contributed by atoms with Crippen molar-refractivity contribution in [3.63, 3.8) is 0 Å². The van der Waals surface area contributed by atoms with Crippen molar-refractivity contribution < 1.29 is 19.8 Å². The molecule has 0 aliphatic heterocycles. The average Bonchev–Trinajstić information content (AvgIpc) is 2.99. The minimum Gasteiger partial charge on any atom is -0.480 e. The zero-order chi connectivity index (χ0) is 14.8. The summed E-state index contributed by atoms with van der Waals surface area (Å²) in [5.74, 6) is -0.962. The lowest BCUT2D eigenvalue weighted by atomic mass is 9.98. The Balaban J connectivity index is 1.95. The predicted octanol–water partition coefficient (Wildman–Crippen LogP) is 1.33. The van der Waals surface area contributed by atoms with Crippen LogP contribution in [0.3, 0.4) is 0 Å². The zero-order valence-corrected chi connectivity index (χ0v) is 12.0. The molecular formula is C14H24N2O4. The molecule has 2 saturated carbocycles. The van der Waals surface area contributed by atoms with Crippen LogP contribution < -0.4 is 5.32 Å². The smallest absolute Gasteiger partial charge is 0.329 e. The van der Waals surface area contributed by atoms with Crippen molar-refractivity contribution in [3.8, 4) is 0 Å². The zero-order valence-electron chi connectivity index (χ0n) is 12.0. The number of aliphatic hydroxyl groups is 1. The summed E-state index contributed by atoms with van der Waals surface area (Å²) < 4.78 is 0. The lowest BCUT2D eigenvalue weighted by Crippen LogP contribution is -2.57. The maximum atomic E-state index is 12.2. The molecule has 0 aromatic heterocycles. The number of urea groups is 1. The van der Waals surface area contributed by atoms with Gasteiger partial charge < -0.3 is 20.4 Å². The van der Waals surface area contributed by atoms with Crippen molar-refractivity contribution in [2.24, 2.45) is 0 Å². The molecule has 0 atom stereocenters. The molecule has 3 N–H and O–H groups in total. The number of rotatable bonds is 4. The Hall–Kier alpha value is -1.30. The molecule has 0 aromatic carbocycles. The number of carboxylic acids is 1. The van der Waals surface area contributed by atoms with Gasteiger partial charge in [0.2, 0.25) is 0 Å². The molecule has 6 nitrogen and oxygen atoms in total. The van der Waals surface area contributed by atoms with Gasteiger partial charge in [-0.15, -0.1) is 0 Å². The number of aliphatic carboxylic acids is 1. The van der Waals surface area contributed by atoms with Crippen molar-refractivity contribution in [2.45, 2.75) is 62.5 Å². The van der Waals surface area contributed by atoms with Crippen LogP contribution in [0.1, 0.15) is 51.4 Å². The lowest BCUT2D eigenvalue weighted by Gasteiger charge is -2.32. The van der Waals surface area contributed by atoms with Gasteiger partial charge in [-0.1, -0.05) is 25.7 Å². The van der Waals surface area contributed by atoms with Gasteiger partial charge in [-0.3, -0.25) is 0 Å². The van der Waals surface area contributed by atoms with Crippen LogP contribution in [0.5, 0.6) is 0 Å². The monoisotopic (exact) mass is 284 g/mol. The number of hydrogen-bond donors (Lipinski definition) is 3. The topological polar surface area (TPSA) is 89.9 Å². The van der Waals surface area contributed by atoms with Crippen LogP contribution in [-0.4, -0.2) is 51.8 Å². The molecular weight excluding hydrogens is 260 g/mol. The first-order valence-corrected chi connectivity index (χ1v) is 7.36. The van der Waals surface area contributed by atoms with E-state index in [0.717, 1.165) is 25.7 Å². The fraction of sp³-hybridized carbons (Fsp3) is 0.857. The highest BCUT2D eigenvalue weighted by atomic mass is 16.4. The largest absolute Gasteiger partial charge is 0.480 e. The van der Waals surface area contributed by atoms with Gasteiger partial charge in [-0.2, -0.15) is 0 Å². The second-order valence-corrected chi connectivity index (χ2v) is 6.31. The van der Waals surface area contributed by atoms with Crippen molar-refractivity contribution in [1.29, 1.82) is 0 Å². The molecule has 0 radical (unpaired) electrons. The van der Waals surface area contributed by atoms with E-state index >= 15 is 0 Å². The van der Waals surface area contributed by atoms with E-state index in [1.165, 1.54) is 4.90 Å². The van der Waals surface area contributed by atoms with Gasteiger partial charge in [-0.25, -0.2) is 9.59 Å². The Morgan fingerprint density at radius 1 is 1.10 bits per heavy atom. The number of nitrogens with one attached hydrogen (secondary N) is 1. The summed E-state index contributed by atoms with van der Waals surface area (Å²) in [6.07, 6.45) is 5.96. The fourth-order valence-electron chi connectivity index (χ4n) is 3.38. The molecule has 6 heteroatoms. The summed E-state index contributed by atoms with van der Waals surface area (Å²) in [7, 11) is 1.61. The van der Waals surface area contributed by atoms with E-state index in [1.54, 1.807) is 7.05 Å². The number of nitrogens with zero attached hydrogens (tertiary/aromatic N) is 1. The van der Waals surface area contributed by atoms with Crippen LogP contribution in [0.15, 0.2) is 0 Å². The number of amides is 2. The van der Waals surface area contributed by atoms with Gasteiger partial charge in [0.15, 0.2) is 0 Å². The Kier molecular flexibility index (Phi) is 4.22. The van der Waals surface area contributed by atoms with Crippen molar-refractivity contribution in [2.75, 3.05) is 13.6 Å². The number of likely N-dealkylation sites (N-methyl/N-ethyl adjacent to an activating group) is 1. The van der Waals surface area contributed by atoms with Crippen molar-refractivity contribution in [1.82, 2.24) is 10.2 Å². The molecule has 2 rings (SSSR count). The molecule has 2 fully saturated rings. The average molecular weight is 284 g/mol. The second-order valence-electron chi connectivity index (χ2n) is 6.31. The first kappa shape index (κ1) is 15.1. The van der Waals surface area contributed by atoms with E-state index in [4.69, 9.17) is 0 Å². The minimum absolute atomic E-state index is 0.258. The molecule has 0 saturated heterocycles. The molecule has 20 heavy (non-hydrogen) atoms. The quantitative estimate of drug-likeness (QED) is 0.726. The third-order valence-corrected chi connectivity index (χ3v) is 4.63. The number of carboxylic acid groups (broad SMARTS) is 1. The van der Waals surface area contributed by atoms with Crippen molar-refractivity contribution >= 4 is 12.0 Å². The molecule has 0 aromatic rings. The van der Waals surface area contributed by atoms with Gasteiger partial charge in [0.05, 0.1) is 12.1 Å². The maximum Gasteiger partial charge on any atom is 0.329 e. The van der Waals surface area contributed by atoms with Gasteiger partial charge in [0.1, 0.15) is 5.54 Å². The maximum absolute atomic E-state index is 12.2. The molecule has 114 valence electrons. The van der Waals surface area contributed by atoms with Crippen LogP contribution in [0, 0.1) is 0 Å². The van der Waals surface area contributed by atoms with Crippen LogP contribution >= 0.6 is 0 Å². The molecule has 2 amide bonds. The normalized spacial score (nSPS) is 23.5. The van der Waals surface area contributed by atoms with E-state index in [9.17, 15) is 19.8 Å². The molecule has 2 aliphatic rings. The Morgan fingerprint density at radius 2 is 1.60 bits per heavy atom. The highest BCUT2D eigenvalue weighted by Crippen LogP contribution is 2.31. The lowest BCUT2D eigenvalue weighted by molar-refractivity contribution is -0.144. The number of hydrogen-bond acceptors (Lipinski definition) is 3. The van der Waals surface area contributed by atoms with Crippen LogP contribution in [-0.2, 0) is 4.79 Å². The summed E-state index contributed by atoms with van der Waals surface area (Å²) in [4.78, 5) is 25.0. The first-order chi connectivity index (χ1) is 9.37. The number of carbonyl (C=O) groups is 2. The molecule has 2 aliphatic carbocycles. The second kappa shape index (κ2) is 5.60. The van der Waals surface area contributed by atoms with E-state index in [-0.39, 0.29) is 6.54 Å². The van der Waals surface area contributed by atoms with E-state index in [0.29, 0.717) is 25.7 Å². The first-order valence-electron chi connectivity index (χ1n) is 7.36. The number of carbonyl (C=O) groups excluding carboxylic acids is 1. The van der Waals surface area contributed by atoms with Crippen LogP contribution in [0.25, 0.3) is 0 Å². The van der Waals surface area contributed by atoms with Gasteiger partial charge >= 0.3 is 12.0 Å². The summed E-state index contributed by atoms with van der Waals surface area (Å²) >= 11 is 0. The van der Waals surface area contributed by atoms with Crippen molar-refractivity contribution in [3.05, 3.63) is 0 Å².